The molecule has 2 aromatic rings. The average Bonchev–Trinajstić information content (AvgIpc) is 2.54. The van der Waals surface area contributed by atoms with Crippen molar-refractivity contribution in [1.82, 2.24) is 0 Å². The third-order valence-corrected chi connectivity index (χ3v) is 3.91. The number of nitrogens with zero attached hydrogens (tertiary/aromatic N) is 1. The number of rotatable bonds is 3. The van der Waals surface area contributed by atoms with Crippen LogP contribution >= 0.6 is 0 Å². The van der Waals surface area contributed by atoms with Gasteiger partial charge >= 0.3 is 0 Å². The Balaban J connectivity index is 1.92. The molecule has 0 aromatic heterocycles. The summed E-state index contributed by atoms with van der Waals surface area (Å²) in [6.45, 7) is 2.08. The van der Waals surface area contributed by atoms with Crippen LogP contribution in [0, 0.1) is 0 Å². The quantitative estimate of drug-likeness (QED) is 0.874. The Labute approximate surface area is 130 Å². The molecule has 0 spiro atoms. The van der Waals surface area contributed by atoms with Crippen molar-refractivity contribution in [2.45, 2.75) is 19.4 Å². The summed E-state index contributed by atoms with van der Waals surface area (Å²) >= 11 is 0. The smallest absolute Gasteiger partial charge is 0.224 e. The molecule has 1 heterocycles. The Hall–Kier alpha value is -2.49. The minimum Gasteiger partial charge on any atom is -0.496 e. The van der Waals surface area contributed by atoms with E-state index in [1.54, 1.807) is 14.0 Å². The summed E-state index contributed by atoms with van der Waals surface area (Å²) in [5, 5.41) is 0. The predicted molar refractivity (Wildman–Crippen MR) is 85.6 cm³/mol. The third-order valence-electron chi connectivity index (χ3n) is 3.91. The molecule has 22 heavy (non-hydrogen) atoms. The first-order valence-corrected chi connectivity index (χ1v) is 7.34. The SMILES string of the molecule is COc1ccccc1C[C@@H]1COc2ccccc2N1C(C)=O. The highest BCUT2D eigenvalue weighted by Gasteiger charge is 2.30. The lowest BCUT2D eigenvalue weighted by molar-refractivity contribution is -0.117. The van der Waals surface area contributed by atoms with Gasteiger partial charge in [0, 0.05) is 13.3 Å². The zero-order valence-electron chi connectivity index (χ0n) is 12.8. The van der Waals surface area contributed by atoms with Crippen molar-refractivity contribution in [3.63, 3.8) is 0 Å². The monoisotopic (exact) mass is 297 g/mol. The predicted octanol–water partition coefficient (Wildman–Crippen LogP) is 3.05. The van der Waals surface area contributed by atoms with Crippen molar-refractivity contribution in [1.29, 1.82) is 0 Å². The number of hydrogen-bond acceptors (Lipinski definition) is 3. The van der Waals surface area contributed by atoms with E-state index in [2.05, 4.69) is 0 Å². The highest BCUT2D eigenvalue weighted by atomic mass is 16.5. The molecule has 0 saturated heterocycles. The van der Waals surface area contributed by atoms with E-state index in [0.29, 0.717) is 13.0 Å². The minimum atomic E-state index is -0.0382. The van der Waals surface area contributed by atoms with Gasteiger partial charge in [0.1, 0.15) is 18.1 Å². The van der Waals surface area contributed by atoms with Gasteiger partial charge in [0.05, 0.1) is 18.8 Å². The van der Waals surface area contributed by atoms with Crippen LogP contribution < -0.4 is 14.4 Å². The molecule has 0 aliphatic carbocycles. The largest absolute Gasteiger partial charge is 0.496 e. The van der Waals surface area contributed by atoms with Gasteiger partial charge < -0.3 is 14.4 Å². The fourth-order valence-corrected chi connectivity index (χ4v) is 2.94. The second-order valence-corrected chi connectivity index (χ2v) is 5.34. The van der Waals surface area contributed by atoms with Crippen LogP contribution in [0.1, 0.15) is 12.5 Å². The topological polar surface area (TPSA) is 38.8 Å². The lowest BCUT2D eigenvalue weighted by Gasteiger charge is -2.36. The molecule has 1 amide bonds. The Morgan fingerprint density at radius 3 is 2.73 bits per heavy atom. The van der Waals surface area contributed by atoms with Gasteiger partial charge in [0.25, 0.3) is 0 Å². The van der Waals surface area contributed by atoms with Crippen LogP contribution in [0.4, 0.5) is 5.69 Å². The van der Waals surface area contributed by atoms with Crippen LogP contribution in [0.3, 0.4) is 0 Å². The molecule has 0 fully saturated rings. The van der Waals surface area contributed by atoms with E-state index in [1.807, 2.05) is 53.4 Å². The van der Waals surface area contributed by atoms with Crippen LogP contribution in [-0.2, 0) is 11.2 Å². The first-order chi connectivity index (χ1) is 10.7. The average molecular weight is 297 g/mol. The van der Waals surface area contributed by atoms with Crippen molar-refractivity contribution >= 4 is 11.6 Å². The number of ether oxygens (including phenoxy) is 2. The van der Waals surface area contributed by atoms with E-state index in [-0.39, 0.29) is 11.9 Å². The molecule has 114 valence electrons. The van der Waals surface area contributed by atoms with Gasteiger partial charge in [0.2, 0.25) is 5.91 Å². The maximum atomic E-state index is 12.2. The van der Waals surface area contributed by atoms with E-state index >= 15 is 0 Å². The third kappa shape index (κ3) is 2.64. The molecule has 4 nitrogen and oxygen atoms in total. The molecule has 4 heteroatoms. The molecule has 3 rings (SSSR count). The van der Waals surface area contributed by atoms with Crippen LogP contribution in [0.2, 0.25) is 0 Å². The number of fused-ring (bicyclic) bond motifs is 1. The molecule has 0 N–H and O–H groups in total. The van der Waals surface area contributed by atoms with Crippen LogP contribution in [-0.4, -0.2) is 25.7 Å². The number of hydrogen-bond donors (Lipinski definition) is 0. The number of amides is 1. The molecule has 0 bridgehead atoms. The van der Waals surface area contributed by atoms with E-state index in [1.165, 1.54) is 0 Å². The molecular weight excluding hydrogens is 278 g/mol. The number of methoxy groups -OCH3 is 1. The van der Waals surface area contributed by atoms with E-state index in [0.717, 1.165) is 22.7 Å². The van der Waals surface area contributed by atoms with Crippen molar-refractivity contribution in [3.8, 4) is 11.5 Å². The summed E-state index contributed by atoms with van der Waals surface area (Å²) in [6.07, 6.45) is 0.692. The van der Waals surface area contributed by atoms with E-state index < -0.39 is 0 Å². The number of anilines is 1. The van der Waals surface area contributed by atoms with Gasteiger partial charge in [-0.25, -0.2) is 0 Å². The minimum absolute atomic E-state index is 0.0237. The van der Waals surface area contributed by atoms with Crippen LogP contribution in [0.15, 0.2) is 48.5 Å². The summed E-state index contributed by atoms with van der Waals surface area (Å²) in [4.78, 5) is 14.0. The molecule has 0 radical (unpaired) electrons. The van der Waals surface area contributed by atoms with Crippen molar-refractivity contribution < 1.29 is 14.3 Å². The van der Waals surface area contributed by atoms with Gasteiger partial charge in [-0.3, -0.25) is 4.79 Å². The fourth-order valence-electron chi connectivity index (χ4n) is 2.94. The summed E-state index contributed by atoms with van der Waals surface area (Å²) in [6, 6.07) is 15.5. The normalized spacial score (nSPS) is 16.6. The van der Waals surface area contributed by atoms with Gasteiger partial charge in [-0.2, -0.15) is 0 Å². The summed E-state index contributed by atoms with van der Waals surface area (Å²) in [5.74, 6) is 1.62. The van der Waals surface area contributed by atoms with Gasteiger partial charge in [-0.15, -0.1) is 0 Å². The Morgan fingerprint density at radius 2 is 1.95 bits per heavy atom. The lowest BCUT2D eigenvalue weighted by atomic mass is 10.0. The van der Waals surface area contributed by atoms with Gasteiger partial charge in [0.15, 0.2) is 0 Å². The second-order valence-electron chi connectivity index (χ2n) is 5.34. The molecule has 2 aromatic carbocycles. The summed E-state index contributed by atoms with van der Waals surface area (Å²) in [7, 11) is 1.66. The second kappa shape index (κ2) is 6.10. The maximum Gasteiger partial charge on any atom is 0.224 e. The zero-order chi connectivity index (χ0) is 15.5. The number of benzene rings is 2. The Kier molecular flexibility index (Phi) is 4.00. The Bertz CT molecular complexity index is 684. The molecule has 0 unspecified atom stereocenters. The first-order valence-electron chi connectivity index (χ1n) is 7.34. The van der Waals surface area contributed by atoms with Gasteiger partial charge in [-0.05, 0) is 23.8 Å². The highest BCUT2D eigenvalue weighted by molar-refractivity contribution is 5.94. The van der Waals surface area contributed by atoms with Crippen molar-refractivity contribution in [2.24, 2.45) is 0 Å². The van der Waals surface area contributed by atoms with E-state index in [4.69, 9.17) is 9.47 Å². The van der Waals surface area contributed by atoms with Crippen molar-refractivity contribution in [3.05, 3.63) is 54.1 Å². The highest BCUT2D eigenvalue weighted by Crippen LogP contribution is 2.35. The zero-order valence-corrected chi connectivity index (χ0v) is 12.8. The fraction of sp³-hybridized carbons (Fsp3) is 0.278. The van der Waals surface area contributed by atoms with Crippen molar-refractivity contribution in [2.75, 3.05) is 18.6 Å². The summed E-state index contributed by atoms with van der Waals surface area (Å²) in [5.41, 5.74) is 1.91. The summed E-state index contributed by atoms with van der Waals surface area (Å²) < 4.78 is 11.2. The molecule has 1 atom stereocenters. The Morgan fingerprint density at radius 1 is 1.23 bits per heavy atom. The van der Waals surface area contributed by atoms with Crippen LogP contribution in [0.25, 0.3) is 0 Å². The van der Waals surface area contributed by atoms with Crippen LogP contribution in [0.5, 0.6) is 11.5 Å². The maximum absolute atomic E-state index is 12.2. The number of carbonyl (C=O) groups is 1. The molecular formula is C18H19NO3. The standard InChI is InChI=1S/C18H19NO3/c1-13(20)19-15(11-14-7-3-5-9-17(14)21-2)12-22-18-10-6-4-8-16(18)19/h3-10,15H,11-12H2,1-2H3/t15-/m1/s1. The van der Waals surface area contributed by atoms with Gasteiger partial charge in [-0.1, -0.05) is 30.3 Å². The lowest BCUT2D eigenvalue weighted by Crippen LogP contribution is -2.47. The molecule has 1 aliphatic rings. The first kappa shape index (κ1) is 14.4. The molecule has 0 saturated carbocycles. The molecule has 1 aliphatic heterocycles. The number of para-hydroxylation sites is 3. The van der Waals surface area contributed by atoms with E-state index in [9.17, 15) is 4.79 Å². The number of carbonyl (C=O) groups excluding carboxylic acids is 1.